The SMILES string of the molecule is O=C(CNc1nc2ccccc2s1)NNC(=O)c1ccc(-c2ccccc2F)o1. The third kappa shape index (κ3) is 4.25. The molecule has 0 unspecified atom stereocenters. The number of furan rings is 1. The van der Waals surface area contributed by atoms with Crippen LogP contribution >= 0.6 is 11.3 Å². The maximum Gasteiger partial charge on any atom is 0.305 e. The summed E-state index contributed by atoms with van der Waals surface area (Å²) < 4.78 is 20.2. The van der Waals surface area contributed by atoms with Gasteiger partial charge in [0.25, 0.3) is 5.91 Å². The molecule has 2 heterocycles. The molecule has 0 radical (unpaired) electrons. The van der Waals surface area contributed by atoms with E-state index in [2.05, 4.69) is 21.2 Å². The molecular weight excluding hydrogens is 395 g/mol. The first-order chi connectivity index (χ1) is 14.1. The van der Waals surface area contributed by atoms with Crippen molar-refractivity contribution in [1.29, 1.82) is 0 Å². The third-order valence-corrected chi connectivity index (χ3v) is 4.97. The Morgan fingerprint density at radius 1 is 1.00 bits per heavy atom. The number of para-hydroxylation sites is 1. The quantitative estimate of drug-likeness (QED) is 0.437. The third-order valence-electron chi connectivity index (χ3n) is 3.98. The number of hydrazine groups is 1. The van der Waals surface area contributed by atoms with Crippen LogP contribution in [0.15, 0.2) is 65.1 Å². The number of amides is 2. The average Bonchev–Trinajstić information content (AvgIpc) is 3.37. The van der Waals surface area contributed by atoms with Gasteiger partial charge in [-0.15, -0.1) is 0 Å². The molecule has 2 aromatic heterocycles. The van der Waals surface area contributed by atoms with Gasteiger partial charge < -0.3 is 9.73 Å². The highest BCUT2D eigenvalue weighted by Gasteiger charge is 2.15. The Morgan fingerprint density at radius 3 is 2.62 bits per heavy atom. The maximum atomic E-state index is 13.8. The second kappa shape index (κ2) is 8.11. The van der Waals surface area contributed by atoms with Crippen molar-refractivity contribution in [2.24, 2.45) is 0 Å². The number of aromatic nitrogens is 1. The topological polar surface area (TPSA) is 96.3 Å². The van der Waals surface area contributed by atoms with E-state index in [4.69, 9.17) is 4.42 Å². The lowest BCUT2D eigenvalue weighted by atomic mass is 10.1. The van der Waals surface area contributed by atoms with E-state index < -0.39 is 17.6 Å². The molecule has 0 bridgehead atoms. The molecule has 0 aliphatic rings. The molecule has 9 heteroatoms. The van der Waals surface area contributed by atoms with Crippen molar-refractivity contribution >= 4 is 38.5 Å². The van der Waals surface area contributed by atoms with E-state index in [1.54, 1.807) is 18.2 Å². The van der Waals surface area contributed by atoms with Gasteiger partial charge in [-0.25, -0.2) is 9.37 Å². The summed E-state index contributed by atoms with van der Waals surface area (Å²) in [5.41, 5.74) is 5.64. The first-order valence-electron chi connectivity index (χ1n) is 8.63. The summed E-state index contributed by atoms with van der Waals surface area (Å²) in [4.78, 5) is 28.4. The van der Waals surface area contributed by atoms with Crippen LogP contribution < -0.4 is 16.2 Å². The van der Waals surface area contributed by atoms with E-state index in [0.29, 0.717) is 5.13 Å². The zero-order chi connectivity index (χ0) is 20.2. The van der Waals surface area contributed by atoms with Crippen LogP contribution in [0.5, 0.6) is 0 Å². The molecule has 0 aliphatic carbocycles. The molecule has 2 amide bonds. The normalized spacial score (nSPS) is 10.7. The molecule has 4 rings (SSSR count). The van der Waals surface area contributed by atoms with Gasteiger partial charge in [0, 0.05) is 0 Å². The van der Waals surface area contributed by atoms with Crippen LogP contribution in [0, 0.1) is 5.82 Å². The highest BCUT2D eigenvalue weighted by molar-refractivity contribution is 7.22. The Morgan fingerprint density at radius 2 is 1.79 bits per heavy atom. The number of carbonyl (C=O) groups is 2. The van der Waals surface area contributed by atoms with Crippen LogP contribution in [0.25, 0.3) is 21.5 Å². The summed E-state index contributed by atoms with van der Waals surface area (Å²) in [5, 5.41) is 3.51. The highest BCUT2D eigenvalue weighted by atomic mass is 32.1. The molecule has 29 heavy (non-hydrogen) atoms. The summed E-state index contributed by atoms with van der Waals surface area (Å²) in [6.07, 6.45) is 0. The highest BCUT2D eigenvalue weighted by Crippen LogP contribution is 2.25. The van der Waals surface area contributed by atoms with E-state index in [1.807, 2.05) is 24.3 Å². The number of carbonyl (C=O) groups excluding carboxylic acids is 2. The first kappa shape index (κ1) is 18.6. The lowest BCUT2D eigenvalue weighted by molar-refractivity contribution is -0.120. The molecule has 146 valence electrons. The molecule has 7 nitrogen and oxygen atoms in total. The summed E-state index contributed by atoms with van der Waals surface area (Å²) in [6.45, 7) is -0.0707. The van der Waals surface area contributed by atoms with Crippen molar-refractivity contribution in [1.82, 2.24) is 15.8 Å². The summed E-state index contributed by atoms with van der Waals surface area (Å²) in [6, 6.07) is 16.6. The number of benzene rings is 2. The van der Waals surface area contributed by atoms with Crippen molar-refractivity contribution in [2.75, 3.05) is 11.9 Å². The number of hydrogen-bond donors (Lipinski definition) is 3. The number of rotatable bonds is 5. The Kier molecular flexibility index (Phi) is 5.21. The summed E-state index contributed by atoms with van der Waals surface area (Å²) in [5.74, 6) is -1.40. The number of thiazole rings is 1. The lowest BCUT2D eigenvalue weighted by Crippen LogP contribution is -2.44. The second-order valence-corrected chi connectivity index (χ2v) is 7.02. The van der Waals surface area contributed by atoms with Crippen LogP contribution in [0.3, 0.4) is 0 Å². The van der Waals surface area contributed by atoms with Gasteiger partial charge in [-0.05, 0) is 36.4 Å². The number of nitrogens with zero attached hydrogens (tertiary/aromatic N) is 1. The van der Waals surface area contributed by atoms with Gasteiger partial charge >= 0.3 is 5.91 Å². The van der Waals surface area contributed by atoms with Crippen LogP contribution in [0.2, 0.25) is 0 Å². The van der Waals surface area contributed by atoms with Gasteiger partial charge in [0.1, 0.15) is 11.6 Å². The van der Waals surface area contributed by atoms with Gasteiger partial charge in [0.2, 0.25) is 0 Å². The monoisotopic (exact) mass is 410 g/mol. The number of nitrogens with one attached hydrogen (secondary N) is 3. The Labute approximate surface area is 168 Å². The minimum Gasteiger partial charge on any atom is -0.451 e. The standard InChI is InChI=1S/C20H15FN4O3S/c21-13-6-2-1-5-12(13)15-9-10-16(28-15)19(27)25-24-18(26)11-22-20-23-14-7-3-4-8-17(14)29-20/h1-10H,11H2,(H,22,23)(H,24,26)(H,25,27). The summed E-state index contributed by atoms with van der Waals surface area (Å²) in [7, 11) is 0. The molecule has 0 atom stereocenters. The van der Waals surface area contributed by atoms with Crippen molar-refractivity contribution < 1.29 is 18.4 Å². The van der Waals surface area contributed by atoms with E-state index in [-0.39, 0.29) is 23.6 Å². The van der Waals surface area contributed by atoms with Crippen LogP contribution in [0.4, 0.5) is 9.52 Å². The minimum atomic E-state index is -0.652. The van der Waals surface area contributed by atoms with Gasteiger partial charge in [0.15, 0.2) is 10.9 Å². The zero-order valence-electron chi connectivity index (χ0n) is 14.9. The largest absolute Gasteiger partial charge is 0.451 e. The molecule has 0 fully saturated rings. The van der Waals surface area contributed by atoms with Gasteiger partial charge in [-0.2, -0.15) is 0 Å². The maximum absolute atomic E-state index is 13.8. The number of halogens is 1. The predicted octanol–water partition coefficient (Wildman–Crippen LogP) is 3.57. The van der Waals surface area contributed by atoms with E-state index in [1.165, 1.54) is 29.5 Å². The Bertz CT molecular complexity index is 1150. The number of hydrogen-bond acceptors (Lipinski definition) is 6. The lowest BCUT2D eigenvalue weighted by Gasteiger charge is -2.06. The molecule has 0 aliphatic heterocycles. The zero-order valence-corrected chi connectivity index (χ0v) is 15.8. The fourth-order valence-corrected chi connectivity index (χ4v) is 3.46. The van der Waals surface area contributed by atoms with E-state index >= 15 is 0 Å². The fourth-order valence-electron chi connectivity index (χ4n) is 2.60. The van der Waals surface area contributed by atoms with E-state index in [9.17, 15) is 14.0 Å². The van der Waals surface area contributed by atoms with Crippen LogP contribution in [-0.2, 0) is 4.79 Å². The van der Waals surface area contributed by atoms with Gasteiger partial charge in [-0.3, -0.25) is 20.4 Å². The van der Waals surface area contributed by atoms with Crippen molar-refractivity contribution in [3.63, 3.8) is 0 Å². The second-order valence-electron chi connectivity index (χ2n) is 5.99. The molecule has 2 aromatic carbocycles. The van der Waals surface area contributed by atoms with Crippen molar-refractivity contribution in [2.45, 2.75) is 0 Å². The van der Waals surface area contributed by atoms with Crippen molar-refractivity contribution in [3.05, 3.63) is 72.2 Å². The molecule has 3 N–H and O–H groups in total. The van der Waals surface area contributed by atoms with Crippen molar-refractivity contribution in [3.8, 4) is 11.3 Å². The minimum absolute atomic E-state index is 0.0531. The Balaban J connectivity index is 1.30. The summed E-state index contributed by atoms with van der Waals surface area (Å²) >= 11 is 1.43. The first-order valence-corrected chi connectivity index (χ1v) is 9.45. The van der Waals surface area contributed by atoms with E-state index in [0.717, 1.165) is 10.2 Å². The average molecular weight is 410 g/mol. The van der Waals surface area contributed by atoms with Gasteiger partial charge in [0.05, 0.1) is 22.3 Å². The molecule has 0 saturated carbocycles. The number of fused-ring (bicyclic) bond motifs is 1. The smallest absolute Gasteiger partial charge is 0.305 e. The molecular formula is C20H15FN4O3S. The Hall–Kier alpha value is -3.72. The molecule has 0 spiro atoms. The van der Waals surface area contributed by atoms with Gasteiger partial charge in [-0.1, -0.05) is 35.6 Å². The molecule has 4 aromatic rings. The fraction of sp³-hybridized carbons (Fsp3) is 0.0500. The molecule has 0 saturated heterocycles. The van der Waals surface area contributed by atoms with Crippen LogP contribution in [0.1, 0.15) is 10.6 Å². The van der Waals surface area contributed by atoms with Crippen LogP contribution in [-0.4, -0.2) is 23.3 Å². The number of anilines is 1. The predicted molar refractivity (Wildman–Crippen MR) is 108 cm³/mol.